The topological polar surface area (TPSA) is 81.7 Å². The predicted octanol–water partition coefficient (Wildman–Crippen LogP) is 5.96. The van der Waals surface area contributed by atoms with E-state index < -0.39 is 23.8 Å². The molecule has 0 fully saturated rings. The fourth-order valence-corrected chi connectivity index (χ4v) is 6.52. The molecule has 8 heteroatoms. The number of thiophene rings is 1. The van der Waals surface area contributed by atoms with Gasteiger partial charge in [0, 0.05) is 38.6 Å². The van der Waals surface area contributed by atoms with Crippen LogP contribution in [0.2, 0.25) is 0 Å². The van der Waals surface area contributed by atoms with Gasteiger partial charge < -0.3 is 14.8 Å². The van der Waals surface area contributed by atoms with E-state index in [9.17, 15) is 14.4 Å². The molecule has 0 bridgehead atoms. The van der Waals surface area contributed by atoms with Gasteiger partial charge >= 0.3 is 11.9 Å². The minimum Gasteiger partial charge on any atom is -0.465 e. The van der Waals surface area contributed by atoms with Crippen LogP contribution in [0.4, 0.5) is 0 Å². The Morgan fingerprint density at radius 2 is 1.81 bits per heavy atom. The summed E-state index contributed by atoms with van der Waals surface area (Å²) in [4.78, 5) is 43.0. The lowest BCUT2D eigenvalue weighted by Crippen LogP contribution is -2.43. The van der Waals surface area contributed by atoms with Crippen LogP contribution in [0, 0.1) is 5.92 Å². The van der Waals surface area contributed by atoms with Crippen molar-refractivity contribution in [3.63, 3.8) is 0 Å². The van der Waals surface area contributed by atoms with Crippen molar-refractivity contribution in [1.82, 2.24) is 5.32 Å². The Kier molecular flexibility index (Phi) is 8.92. The number of esters is 2. The lowest BCUT2D eigenvalue weighted by molar-refractivity contribution is -0.152. The molecule has 0 saturated heterocycles. The number of ether oxygens (including phenoxy) is 2. The number of hydrogen-bond acceptors (Lipinski definition) is 8. The first-order valence-electron chi connectivity index (χ1n) is 12.7. The van der Waals surface area contributed by atoms with Crippen LogP contribution >= 0.6 is 23.1 Å². The van der Waals surface area contributed by atoms with Gasteiger partial charge in [-0.25, -0.2) is 4.79 Å². The van der Waals surface area contributed by atoms with Gasteiger partial charge in [0.2, 0.25) is 0 Å². The van der Waals surface area contributed by atoms with Crippen molar-refractivity contribution >= 4 is 40.8 Å². The number of thioether (sulfide) groups is 1. The van der Waals surface area contributed by atoms with Gasteiger partial charge in [0.05, 0.1) is 18.8 Å². The zero-order valence-corrected chi connectivity index (χ0v) is 23.3. The van der Waals surface area contributed by atoms with Gasteiger partial charge in [-0.1, -0.05) is 31.5 Å². The Morgan fingerprint density at radius 3 is 2.41 bits per heavy atom. The number of rotatable bonds is 9. The number of nitrogens with one attached hydrogen (secondary N) is 1. The maximum atomic E-state index is 14.3. The third-order valence-corrected chi connectivity index (χ3v) is 8.55. The molecule has 2 heterocycles. The van der Waals surface area contributed by atoms with Crippen molar-refractivity contribution in [1.29, 1.82) is 0 Å². The molecule has 1 aromatic carbocycles. The number of carbonyl (C=O) groups is 3. The molecule has 1 aromatic heterocycles. The molecule has 0 saturated carbocycles. The van der Waals surface area contributed by atoms with Crippen LogP contribution in [0.25, 0.3) is 0 Å². The second-order valence-corrected chi connectivity index (χ2v) is 10.9. The molecule has 6 nitrogen and oxygen atoms in total. The van der Waals surface area contributed by atoms with E-state index in [0.29, 0.717) is 24.0 Å². The second-order valence-electron chi connectivity index (χ2n) is 9.01. The van der Waals surface area contributed by atoms with Crippen molar-refractivity contribution in [3.8, 4) is 0 Å². The van der Waals surface area contributed by atoms with Crippen LogP contribution in [0.1, 0.15) is 62.3 Å². The zero-order chi connectivity index (χ0) is 26.5. The minimum absolute atomic E-state index is 0.193. The maximum Gasteiger partial charge on any atom is 0.336 e. The average Bonchev–Trinajstić information content (AvgIpc) is 3.43. The number of Topliss-reactive ketones (excluding diaryl/α,β-unsaturated/α-hetero) is 1. The van der Waals surface area contributed by atoms with Gasteiger partial charge in [-0.05, 0) is 62.1 Å². The summed E-state index contributed by atoms with van der Waals surface area (Å²) >= 11 is 3.16. The first kappa shape index (κ1) is 27.2. The molecule has 196 valence electrons. The summed E-state index contributed by atoms with van der Waals surface area (Å²) < 4.78 is 10.9. The Labute approximate surface area is 226 Å². The van der Waals surface area contributed by atoms with Gasteiger partial charge in [-0.2, -0.15) is 0 Å². The number of carbonyl (C=O) groups excluding carboxylic acids is 3. The van der Waals surface area contributed by atoms with Crippen LogP contribution in [0.3, 0.4) is 0 Å². The average molecular weight is 540 g/mol. The van der Waals surface area contributed by atoms with Gasteiger partial charge in [-0.3, -0.25) is 9.59 Å². The van der Waals surface area contributed by atoms with E-state index >= 15 is 0 Å². The van der Waals surface area contributed by atoms with Crippen LogP contribution in [-0.2, 0) is 23.9 Å². The van der Waals surface area contributed by atoms with Crippen molar-refractivity contribution < 1.29 is 23.9 Å². The van der Waals surface area contributed by atoms with Crippen molar-refractivity contribution in [2.45, 2.75) is 56.8 Å². The largest absolute Gasteiger partial charge is 0.465 e. The fraction of sp³-hybridized carbons (Fsp3) is 0.414. The van der Waals surface area contributed by atoms with E-state index in [1.165, 1.54) is 11.3 Å². The van der Waals surface area contributed by atoms with E-state index in [0.717, 1.165) is 33.2 Å². The number of benzene rings is 1. The summed E-state index contributed by atoms with van der Waals surface area (Å²) in [5, 5.41) is 5.42. The summed E-state index contributed by atoms with van der Waals surface area (Å²) in [7, 11) is 0. The highest BCUT2D eigenvalue weighted by atomic mass is 32.2. The van der Waals surface area contributed by atoms with Gasteiger partial charge in [0.25, 0.3) is 0 Å². The molecule has 2 aliphatic rings. The molecule has 1 N–H and O–H groups in total. The second kappa shape index (κ2) is 12.1. The molecule has 2 aromatic rings. The normalized spacial score (nSPS) is 21.4. The zero-order valence-electron chi connectivity index (χ0n) is 21.7. The molecule has 0 spiro atoms. The number of hydrogen-bond donors (Lipinski definition) is 1. The van der Waals surface area contributed by atoms with E-state index in [1.807, 2.05) is 48.0 Å². The summed E-state index contributed by atoms with van der Waals surface area (Å²) in [6, 6.07) is 11.8. The summed E-state index contributed by atoms with van der Waals surface area (Å²) in [6.07, 6.45) is 3.94. The van der Waals surface area contributed by atoms with Crippen LogP contribution in [0.15, 0.2) is 69.2 Å². The van der Waals surface area contributed by atoms with Crippen molar-refractivity contribution in [3.05, 3.63) is 74.8 Å². The van der Waals surface area contributed by atoms with Crippen molar-refractivity contribution in [2.75, 3.05) is 19.5 Å². The first-order valence-corrected chi connectivity index (χ1v) is 14.8. The van der Waals surface area contributed by atoms with Crippen LogP contribution < -0.4 is 5.32 Å². The number of ketones is 1. The monoisotopic (exact) mass is 539 g/mol. The molecular formula is C29H33NO5S2. The van der Waals surface area contributed by atoms with Crippen LogP contribution in [-0.4, -0.2) is 37.2 Å². The Morgan fingerprint density at radius 1 is 1.08 bits per heavy atom. The van der Waals surface area contributed by atoms with Gasteiger partial charge in [0.1, 0.15) is 5.92 Å². The van der Waals surface area contributed by atoms with Gasteiger partial charge in [-0.15, -0.1) is 23.1 Å². The third kappa shape index (κ3) is 5.41. The SMILES string of the molecule is CCCC1=C(C(=O)OCC)[C@H](c2ccc(SC)cc2)C2=C(C[C@@H](c3cccs3)[C@@H](C(=O)OCC)C2=O)N1. The molecule has 1 aliphatic heterocycles. The van der Waals surface area contributed by atoms with E-state index in [-0.39, 0.29) is 24.9 Å². The van der Waals surface area contributed by atoms with Crippen LogP contribution in [0.5, 0.6) is 0 Å². The fourth-order valence-electron chi connectivity index (χ4n) is 5.25. The summed E-state index contributed by atoms with van der Waals surface area (Å²) in [6.45, 7) is 5.99. The van der Waals surface area contributed by atoms with Crippen molar-refractivity contribution in [2.24, 2.45) is 5.92 Å². The molecule has 37 heavy (non-hydrogen) atoms. The molecule has 4 rings (SSSR count). The quantitative estimate of drug-likeness (QED) is 0.239. The van der Waals surface area contributed by atoms with E-state index in [4.69, 9.17) is 9.47 Å². The number of allylic oxidation sites excluding steroid dienone is 3. The molecule has 3 atom stereocenters. The minimum atomic E-state index is -0.969. The molecule has 0 unspecified atom stereocenters. The standard InChI is InChI=1S/C29H33NO5S2/c1-5-9-20-26(29(33)35-7-3)23(17-11-13-18(36-4)14-12-17)25-21(30-20)16-19(22-10-8-15-37-22)24(27(25)31)28(32)34-6-2/h8,10-15,19,23-24,30H,5-7,9,16H2,1-4H3/t19-,23+,24+/m0/s1. The van der Waals surface area contributed by atoms with E-state index in [1.54, 1.807) is 25.6 Å². The highest BCUT2D eigenvalue weighted by molar-refractivity contribution is 7.98. The lowest BCUT2D eigenvalue weighted by atomic mass is 9.68. The van der Waals surface area contributed by atoms with E-state index in [2.05, 4.69) is 12.2 Å². The molecule has 1 aliphatic carbocycles. The summed E-state index contributed by atoms with van der Waals surface area (Å²) in [5.74, 6) is -3.17. The lowest BCUT2D eigenvalue weighted by Gasteiger charge is -2.39. The Balaban J connectivity index is 1.91. The predicted molar refractivity (Wildman–Crippen MR) is 146 cm³/mol. The first-order chi connectivity index (χ1) is 17.9. The maximum absolute atomic E-state index is 14.3. The molecule has 0 amide bonds. The Hall–Kier alpha value is -2.84. The molecule has 0 radical (unpaired) electrons. The highest BCUT2D eigenvalue weighted by Crippen LogP contribution is 2.49. The third-order valence-electron chi connectivity index (χ3n) is 6.80. The molecular weight excluding hydrogens is 506 g/mol. The number of dihydropyridines is 1. The summed E-state index contributed by atoms with van der Waals surface area (Å²) in [5.41, 5.74) is 3.30. The van der Waals surface area contributed by atoms with Gasteiger partial charge in [0.15, 0.2) is 5.78 Å². The highest BCUT2D eigenvalue weighted by Gasteiger charge is 2.49. The Bertz CT molecular complexity index is 1210. The smallest absolute Gasteiger partial charge is 0.336 e.